The Morgan fingerprint density at radius 2 is 2.17 bits per heavy atom. The van der Waals surface area contributed by atoms with Gasteiger partial charge in [0.15, 0.2) is 0 Å². The Hall–Kier alpha value is -2.19. The molecule has 0 amide bonds. The van der Waals surface area contributed by atoms with Crippen LogP contribution in [0.3, 0.4) is 0 Å². The highest BCUT2D eigenvalue weighted by molar-refractivity contribution is 6.76. The van der Waals surface area contributed by atoms with Gasteiger partial charge in [-0.3, -0.25) is 10.1 Å². The molecule has 1 aliphatic rings. The average molecular weight is 347 g/mol. The summed E-state index contributed by atoms with van der Waals surface area (Å²) >= 11 is 0. The summed E-state index contributed by atoms with van der Waals surface area (Å²) in [5, 5.41) is 15.4. The molecule has 0 radical (unpaired) electrons. The summed E-state index contributed by atoms with van der Waals surface area (Å²) in [4.78, 5) is 10.5. The molecular formula is C16H21N3O4Si. The van der Waals surface area contributed by atoms with E-state index in [1.807, 2.05) is 6.20 Å². The molecule has 8 heteroatoms. The van der Waals surface area contributed by atoms with Crippen molar-refractivity contribution in [1.29, 1.82) is 0 Å². The van der Waals surface area contributed by atoms with Crippen molar-refractivity contribution in [2.75, 3.05) is 6.61 Å². The van der Waals surface area contributed by atoms with Crippen molar-refractivity contribution in [3.63, 3.8) is 0 Å². The molecule has 0 saturated carbocycles. The number of nitro benzene ring substituents is 1. The Labute approximate surface area is 141 Å². The first-order valence-electron chi connectivity index (χ1n) is 7.89. The molecule has 0 unspecified atom stereocenters. The van der Waals surface area contributed by atoms with E-state index >= 15 is 0 Å². The maximum Gasteiger partial charge on any atom is 0.273 e. The van der Waals surface area contributed by atoms with Crippen LogP contribution >= 0.6 is 0 Å². The Kier molecular flexibility index (Phi) is 4.42. The molecule has 1 aromatic heterocycles. The predicted molar refractivity (Wildman–Crippen MR) is 92.8 cm³/mol. The van der Waals surface area contributed by atoms with Crippen LogP contribution in [0.2, 0.25) is 25.7 Å². The van der Waals surface area contributed by atoms with E-state index in [1.165, 1.54) is 12.1 Å². The fourth-order valence-electron chi connectivity index (χ4n) is 2.51. The largest absolute Gasteiger partial charge is 0.486 e. The number of aromatic nitrogens is 2. The number of fused-ring (bicyclic) bond motifs is 3. The lowest BCUT2D eigenvalue weighted by Crippen LogP contribution is -2.22. The molecule has 0 N–H and O–H groups in total. The molecule has 0 aliphatic carbocycles. The summed E-state index contributed by atoms with van der Waals surface area (Å²) in [6, 6.07) is 5.77. The van der Waals surface area contributed by atoms with Crippen LogP contribution < -0.4 is 4.74 Å². The van der Waals surface area contributed by atoms with Crippen molar-refractivity contribution in [3.8, 4) is 16.9 Å². The highest BCUT2D eigenvalue weighted by atomic mass is 28.3. The van der Waals surface area contributed by atoms with Crippen molar-refractivity contribution in [3.05, 3.63) is 40.2 Å². The third-order valence-electron chi connectivity index (χ3n) is 3.89. The number of ether oxygens (including phenoxy) is 2. The molecule has 0 saturated heterocycles. The van der Waals surface area contributed by atoms with E-state index in [-0.39, 0.29) is 5.69 Å². The fourth-order valence-corrected chi connectivity index (χ4v) is 3.26. The summed E-state index contributed by atoms with van der Waals surface area (Å²) in [5.74, 6) is 0.524. The number of rotatable bonds is 6. The summed E-state index contributed by atoms with van der Waals surface area (Å²) in [6.45, 7) is 8.40. The Morgan fingerprint density at radius 3 is 2.88 bits per heavy atom. The van der Waals surface area contributed by atoms with Gasteiger partial charge >= 0.3 is 0 Å². The number of hydrogen-bond donors (Lipinski definition) is 0. The van der Waals surface area contributed by atoms with E-state index in [9.17, 15) is 10.1 Å². The normalized spacial score (nSPS) is 13.1. The summed E-state index contributed by atoms with van der Waals surface area (Å²) in [5.41, 5.74) is 2.62. The van der Waals surface area contributed by atoms with Crippen molar-refractivity contribution < 1.29 is 14.4 Å². The number of hydrogen-bond acceptors (Lipinski definition) is 5. The molecule has 0 fully saturated rings. The van der Waals surface area contributed by atoms with Crippen molar-refractivity contribution in [1.82, 2.24) is 9.78 Å². The lowest BCUT2D eigenvalue weighted by molar-refractivity contribution is -0.384. The van der Waals surface area contributed by atoms with E-state index in [1.54, 1.807) is 10.7 Å². The minimum Gasteiger partial charge on any atom is -0.486 e. The Morgan fingerprint density at radius 1 is 1.38 bits per heavy atom. The van der Waals surface area contributed by atoms with Gasteiger partial charge < -0.3 is 9.47 Å². The van der Waals surface area contributed by atoms with Gasteiger partial charge in [-0.25, -0.2) is 4.68 Å². The molecule has 3 rings (SSSR count). The summed E-state index contributed by atoms with van der Waals surface area (Å²) in [7, 11) is -1.10. The van der Waals surface area contributed by atoms with Crippen LogP contribution in [0.1, 0.15) is 5.69 Å². The minimum absolute atomic E-state index is 0.0271. The number of non-ortho nitro benzene ring substituents is 1. The van der Waals surface area contributed by atoms with Gasteiger partial charge in [-0.15, -0.1) is 0 Å². The van der Waals surface area contributed by atoms with E-state index in [4.69, 9.17) is 9.47 Å². The second kappa shape index (κ2) is 6.37. The molecular weight excluding hydrogens is 326 g/mol. The Balaban J connectivity index is 1.73. The zero-order chi connectivity index (χ0) is 17.3. The molecule has 2 heterocycles. The SMILES string of the molecule is C[Si](C)(C)CCOCn1cc2c(n1)COc1cc([N+](=O)[O-])ccc1-2. The van der Waals surface area contributed by atoms with Gasteiger partial charge in [-0.1, -0.05) is 19.6 Å². The monoisotopic (exact) mass is 347 g/mol. The maximum atomic E-state index is 10.9. The molecule has 0 atom stereocenters. The van der Waals surface area contributed by atoms with Crippen LogP contribution in [0, 0.1) is 10.1 Å². The van der Waals surface area contributed by atoms with Crippen LogP contribution in [0.25, 0.3) is 11.1 Å². The van der Waals surface area contributed by atoms with Gasteiger partial charge in [0.05, 0.1) is 11.0 Å². The highest BCUT2D eigenvalue weighted by Crippen LogP contribution is 2.38. The number of benzene rings is 1. The quantitative estimate of drug-likeness (QED) is 0.345. The molecule has 0 bridgehead atoms. The molecule has 7 nitrogen and oxygen atoms in total. The third kappa shape index (κ3) is 3.65. The van der Waals surface area contributed by atoms with Crippen LogP contribution in [0.4, 0.5) is 5.69 Å². The smallest absolute Gasteiger partial charge is 0.273 e. The van der Waals surface area contributed by atoms with E-state index in [0.717, 1.165) is 29.5 Å². The van der Waals surface area contributed by atoms with Gasteiger partial charge in [0.1, 0.15) is 24.8 Å². The minimum atomic E-state index is -1.10. The van der Waals surface area contributed by atoms with E-state index in [2.05, 4.69) is 24.7 Å². The van der Waals surface area contributed by atoms with E-state index in [0.29, 0.717) is 19.1 Å². The standard InChI is InChI=1S/C16H21N3O4Si/c1-24(2,3)7-6-22-11-18-9-14-13-5-4-12(19(20)21)8-16(13)23-10-15(14)17-18/h4-5,8-9H,6-7,10-11H2,1-3H3. The summed E-state index contributed by atoms with van der Waals surface area (Å²) in [6.07, 6.45) is 1.91. The van der Waals surface area contributed by atoms with Gasteiger partial charge in [-0.2, -0.15) is 5.10 Å². The van der Waals surface area contributed by atoms with Crippen molar-refractivity contribution in [2.24, 2.45) is 0 Å². The summed E-state index contributed by atoms with van der Waals surface area (Å²) < 4.78 is 13.1. The van der Waals surface area contributed by atoms with Gasteiger partial charge in [-0.05, 0) is 12.1 Å². The first-order valence-corrected chi connectivity index (χ1v) is 11.6. The molecule has 0 spiro atoms. The molecule has 1 aliphatic heterocycles. The number of nitrogens with zero attached hydrogens (tertiary/aromatic N) is 3. The van der Waals surface area contributed by atoms with Gasteiger partial charge in [0.2, 0.25) is 0 Å². The zero-order valence-corrected chi connectivity index (χ0v) is 15.1. The highest BCUT2D eigenvalue weighted by Gasteiger charge is 2.23. The average Bonchev–Trinajstić information content (AvgIpc) is 2.93. The second-order valence-electron chi connectivity index (χ2n) is 7.10. The number of nitro groups is 1. The molecule has 2 aromatic rings. The predicted octanol–water partition coefficient (Wildman–Crippen LogP) is 3.66. The van der Waals surface area contributed by atoms with Crippen molar-refractivity contribution in [2.45, 2.75) is 39.0 Å². The molecule has 1 aromatic carbocycles. The van der Waals surface area contributed by atoms with Gasteiger partial charge in [0.25, 0.3) is 5.69 Å². The topological polar surface area (TPSA) is 79.4 Å². The van der Waals surface area contributed by atoms with Crippen LogP contribution in [-0.2, 0) is 18.1 Å². The Bertz CT molecular complexity index is 767. The third-order valence-corrected chi connectivity index (χ3v) is 5.59. The van der Waals surface area contributed by atoms with E-state index < -0.39 is 13.0 Å². The lowest BCUT2D eigenvalue weighted by atomic mass is 10.0. The first kappa shape index (κ1) is 16.7. The lowest BCUT2D eigenvalue weighted by Gasteiger charge is -2.15. The van der Waals surface area contributed by atoms with Crippen LogP contribution in [0.5, 0.6) is 5.75 Å². The molecule has 24 heavy (non-hydrogen) atoms. The van der Waals surface area contributed by atoms with Crippen molar-refractivity contribution >= 4 is 13.8 Å². The van der Waals surface area contributed by atoms with Crippen LogP contribution in [0.15, 0.2) is 24.4 Å². The van der Waals surface area contributed by atoms with Crippen LogP contribution in [-0.4, -0.2) is 29.4 Å². The zero-order valence-electron chi connectivity index (χ0n) is 14.1. The molecule has 128 valence electrons. The van der Waals surface area contributed by atoms with Gasteiger partial charge in [0, 0.05) is 38.1 Å². The first-order chi connectivity index (χ1) is 11.3. The fraction of sp³-hybridized carbons (Fsp3) is 0.438. The second-order valence-corrected chi connectivity index (χ2v) is 12.7. The maximum absolute atomic E-state index is 10.9.